The van der Waals surface area contributed by atoms with Crippen LogP contribution >= 0.6 is 39.1 Å². The highest BCUT2D eigenvalue weighted by molar-refractivity contribution is 9.11. The molecule has 0 saturated carbocycles. The molecule has 0 aliphatic carbocycles. The summed E-state index contributed by atoms with van der Waals surface area (Å²) >= 11 is 14.5. The van der Waals surface area contributed by atoms with E-state index in [1.807, 2.05) is 0 Å². The van der Waals surface area contributed by atoms with Gasteiger partial charge < -0.3 is 0 Å². The third-order valence-electron chi connectivity index (χ3n) is 1.64. The average molecular weight is 345 g/mol. The van der Waals surface area contributed by atoms with Gasteiger partial charge in [0.15, 0.2) is 0 Å². The SMILES string of the molecule is C=C(Br)CNS(=O)(=O)c1cc(Cl)ccc1Cl. The second kappa shape index (κ2) is 5.51. The first kappa shape index (κ1) is 14.0. The van der Waals surface area contributed by atoms with Gasteiger partial charge in [0.05, 0.1) is 5.02 Å². The van der Waals surface area contributed by atoms with Crippen molar-refractivity contribution in [1.29, 1.82) is 0 Å². The van der Waals surface area contributed by atoms with E-state index in [0.29, 0.717) is 9.51 Å². The van der Waals surface area contributed by atoms with E-state index in [-0.39, 0.29) is 16.5 Å². The molecule has 0 radical (unpaired) electrons. The fraction of sp³-hybridized carbons (Fsp3) is 0.111. The molecule has 1 aromatic carbocycles. The first-order valence-electron chi connectivity index (χ1n) is 4.11. The second-order valence-electron chi connectivity index (χ2n) is 2.92. The zero-order chi connectivity index (χ0) is 12.3. The van der Waals surface area contributed by atoms with Gasteiger partial charge >= 0.3 is 0 Å². The summed E-state index contributed by atoms with van der Waals surface area (Å²) in [5.41, 5.74) is 0. The standard InChI is InChI=1S/C9H8BrCl2NO2S/c1-6(10)5-13-16(14,15)9-4-7(11)2-3-8(9)12/h2-4,13H,1,5H2. The summed E-state index contributed by atoms with van der Waals surface area (Å²) in [5, 5.41) is 0.430. The van der Waals surface area contributed by atoms with Crippen molar-refractivity contribution in [3.8, 4) is 0 Å². The predicted octanol–water partition coefficient (Wildman–Crippen LogP) is 3.18. The second-order valence-corrected chi connectivity index (χ2v) is 6.62. The molecule has 1 aromatic rings. The van der Waals surface area contributed by atoms with Crippen molar-refractivity contribution in [3.05, 3.63) is 39.3 Å². The number of hydrogen-bond donors (Lipinski definition) is 1. The molecule has 0 unspecified atom stereocenters. The zero-order valence-corrected chi connectivity index (χ0v) is 11.9. The zero-order valence-electron chi connectivity index (χ0n) is 8.00. The van der Waals surface area contributed by atoms with E-state index in [9.17, 15) is 8.42 Å². The lowest BCUT2D eigenvalue weighted by molar-refractivity contribution is 0.585. The molecular weight excluding hydrogens is 337 g/mol. The molecule has 7 heteroatoms. The van der Waals surface area contributed by atoms with Crippen LogP contribution in [0.2, 0.25) is 10.0 Å². The Kier molecular flexibility index (Phi) is 4.82. The molecule has 0 bridgehead atoms. The minimum absolute atomic E-state index is 0.0459. The van der Waals surface area contributed by atoms with Crippen LogP contribution in [0.25, 0.3) is 0 Å². The minimum Gasteiger partial charge on any atom is -0.207 e. The quantitative estimate of drug-likeness (QED) is 0.911. The molecule has 0 fully saturated rings. The van der Waals surface area contributed by atoms with Gasteiger partial charge in [-0.05, 0) is 18.2 Å². The molecule has 3 nitrogen and oxygen atoms in total. The molecule has 0 aliphatic rings. The molecule has 0 heterocycles. The Balaban J connectivity index is 3.07. The molecule has 0 spiro atoms. The number of nitrogens with one attached hydrogen (secondary N) is 1. The fourth-order valence-electron chi connectivity index (χ4n) is 0.934. The smallest absolute Gasteiger partial charge is 0.207 e. The number of hydrogen-bond acceptors (Lipinski definition) is 2. The lowest BCUT2D eigenvalue weighted by Crippen LogP contribution is -2.25. The average Bonchev–Trinajstić information content (AvgIpc) is 2.19. The lowest BCUT2D eigenvalue weighted by atomic mass is 10.4. The largest absolute Gasteiger partial charge is 0.242 e. The molecule has 0 saturated heterocycles. The molecule has 0 amide bonds. The van der Waals surface area contributed by atoms with Crippen LogP contribution in [0.5, 0.6) is 0 Å². The summed E-state index contributed by atoms with van der Waals surface area (Å²) in [7, 11) is -3.67. The van der Waals surface area contributed by atoms with Crippen LogP contribution in [-0.2, 0) is 10.0 Å². The van der Waals surface area contributed by atoms with Crippen molar-refractivity contribution in [3.63, 3.8) is 0 Å². The number of sulfonamides is 1. The number of benzene rings is 1. The maximum Gasteiger partial charge on any atom is 0.242 e. The third-order valence-corrected chi connectivity index (χ3v) is 4.04. The Morgan fingerprint density at radius 1 is 1.44 bits per heavy atom. The van der Waals surface area contributed by atoms with Gasteiger partial charge in [0.1, 0.15) is 4.90 Å². The first-order chi connectivity index (χ1) is 7.33. The molecule has 0 aromatic heterocycles. The van der Waals surface area contributed by atoms with Crippen molar-refractivity contribution in [2.24, 2.45) is 0 Å². The van der Waals surface area contributed by atoms with E-state index < -0.39 is 10.0 Å². The molecule has 88 valence electrons. The van der Waals surface area contributed by atoms with Gasteiger partial charge in [-0.2, -0.15) is 0 Å². The normalized spacial score (nSPS) is 11.4. The van der Waals surface area contributed by atoms with Crippen molar-refractivity contribution >= 4 is 49.2 Å². The Morgan fingerprint density at radius 3 is 2.62 bits per heavy atom. The Bertz CT molecular complexity index is 516. The maximum atomic E-state index is 11.8. The highest BCUT2D eigenvalue weighted by Gasteiger charge is 2.17. The van der Waals surface area contributed by atoms with Crippen molar-refractivity contribution in [1.82, 2.24) is 4.72 Å². The summed E-state index contributed by atoms with van der Waals surface area (Å²) in [5.74, 6) is 0. The topological polar surface area (TPSA) is 46.2 Å². The molecular formula is C9H8BrCl2NO2S. The van der Waals surface area contributed by atoms with Crippen LogP contribution < -0.4 is 4.72 Å². The molecule has 0 atom stereocenters. The Morgan fingerprint density at radius 2 is 2.06 bits per heavy atom. The van der Waals surface area contributed by atoms with Crippen LogP contribution in [0.15, 0.2) is 34.2 Å². The van der Waals surface area contributed by atoms with Crippen LogP contribution in [-0.4, -0.2) is 15.0 Å². The summed E-state index contributed by atoms with van der Waals surface area (Å²) in [4.78, 5) is -0.0459. The van der Waals surface area contributed by atoms with Gasteiger partial charge in [0.2, 0.25) is 10.0 Å². The molecule has 1 rings (SSSR count). The highest BCUT2D eigenvalue weighted by Crippen LogP contribution is 2.24. The van der Waals surface area contributed by atoms with Crippen molar-refractivity contribution in [2.75, 3.05) is 6.54 Å². The molecule has 16 heavy (non-hydrogen) atoms. The van der Waals surface area contributed by atoms with Crippen LogP contribution in [0.1, 0.15) is 0 Å². The molecule has 0 aliphatic heterocycles. The highest BCUT2D eigenvalue weighted by atomic mass is 79.9. The van der Waals surface area contributed by atoms with E-state index in [0.717, 1.165) is 0 Å². The van der Waals surface area contributed by atoms with Crippen molar-refractivity contribution < 1.29 is 8.42 Å². The van der Waals surface area contributed by atoms with E-state index in [2.05, 4.69) is 27.2 Å². The summed E-state index contributed by atoms with van der Waals surface area (Å²) in [6, 6.07) is 4.25. The van der Waals surface area contributed by atoms with E-state index in [1.165, 1.54) is 18.2 Å². The Hall–Kier alpha value is -0.0700. The lowest BCUT2D eigenvalue weighted by Gasteiger charge is -2.07. The molecule has 1 N–H and O–H groups in total. The van der Waals surface area contributed by atoms with Crippen LogP contribution in [0.3, 0.4) is 0 Å². The van der Waals surface area contributed by atoms with E-state index >= 15 is 0 Å². The number of halogens is 3. The van der Waals surface area contributed by atoms with Crippen LogP contribution in [0, 0.1) is 0 Å². The fourth-order valence-corrected chi connectivity index (χ4v) is 3.05. The monoisotopic (exact) mass is 343 g/mol. The number of rotatable bonds is 4. The third kappa shape index (κ3) is 3.75. The van der Waals surface area contributed by atoms with Gasteiger partial charge in [0, 0.05) is 16.0 Å². The van der Waals surface area contributed by atoms with Gasteiger partial charge in [-0.25, -0.2) is 13.1 Å². The van der Waals surface area contributed by atoms with E-state index in [4.69, 9.17) is 23.2 Å². The first-order valence-corrected chi connectivity index (χ1v) is 7.14. The van der Waals surface area contributed by atoms with Gasteiger partial charge in [-0.1, -0.05) is 45.7 Å². The van der Waals surface area contributed by atoms with Gasteiger partial charge in [0.25, 0.3) is 0 Å². The van der Waals surface area contributed by atoms with E-state index in [1.54, 1.807) is 0 Å². The summed E-state index contributed by atoms with van der Waals surface area (Å²) in [6.07, 6.45) is 0. The summed E-state index contributed by atoms with van der Waals surface area (Å²) < 4.78 is 26.4. The minimum atomic E-state index is -3.67. The van der Waals surface area contributed by atoms with Crippen molar-refractivity contribution in [2.45, 2.75) is 4.90 Å². The summed E-state index contributed by atoms with van der Waals surface area (Å²) in [6.45, 7) is 3.61. The predicted molar refractivity (Wildman–Crippen MR) is 69.7 cm³/mol. The van der Waals surface area contributed by atoms with Crippen LogP contribution in [0.4, 0.5) is 0 Å². The van der Waals surface area contributed by atoms with Gasteiger partial charge in [-0.3, -0.25) is 0 Å². The Labute approximate surface area is 113 Å². The van der Waals surface area contributed by atoms with Gasteiger partial charge in [-0.15, -0.1) is 0 Å². The maximum absolute atomic E-state index is 11.8.